The summed E-state index contributed by atoms with van der Waals surface area (Å²) in [6, 6.07) is 10.4. The number of allylic oxidation sites excluding steroid dienone is 1. The second kappa shape index (κ2) is 7.17. The molecule has 0 radical (unpaired) electrons. The second-order valence-electron chi connectivity index (χ2n) is 5.87. The van der Waals surface area contributed by atoms with Gasteiger partial charge in [-0.2, -0.15) is 0 Å². The van der Waals surface area contributed by atoms with Crippen LogP contribution in [0.3, 0.4) is 0 Å². The van der Waals surface area contributed by atoms with Crippen LogP contribution in [0.5, 0.6) is 0 Å². The van der Waals surface area contributed by atoms with Crippen molar-refractivity contribution in [2.24, 2.45) is 0 Å². The Kier molecular flexibility index (Phi) is 5.02. The fraction of sp³-hybridized carbons (Fsp3) is 0.500. The topological polar surface area (TPSA) is 20.3 Å². The predicted octanol–water partition coefficient (Wildman–Crippen LogP) is 4.62. The Bertz CT molecular complexity index is 511. The number of rotatable bonds is 5. The van der Waals surface area contributed by atoms with Gasteiger partial charge < -0.3 is 4.90 Å². The van der Waals surface area contributed by atoms with Crippen molar-refractivity contribution in [1.29, 1.82) is 0 Å². The van der Waals surface area contributed by atoms with Crippen LogP contribution in [0.2, 0.25) is 0 Å². The summed E-state index contributed by atoms with van der Waals surface area (Å²) in [7, 11) is 0. The van der Waals surface area contributed by atoms with E-state index in [1.54, 1.807) is 5.57 Å². The van der Waals surface area contributed by atoms with Gasteiger partial charge in [-0.05, 0) is 50.7 Å². The maximum Gasteiger partial charge on any atom is 0.223 e. The molecule has 1 aliphatic heterocycles. The van der Waals surface area contributed by atoms with E-state index in [2.05, 4.69) is 35.2 Å². The van der Waals surface area contributed by atoms with Gasteiger partial charge in [0.25, 0.3) is 0 Å². The molecule has 1 heterocycles. The molecule has 1 aromatic carbocycles. The van der Waals surface area contributed by atoms with Crippen molar-refractivity contribution in [3.63, 3.8) is 0 Å². The Morgan fingerprint density at radius 3 is 2.76 bits per heavy atom. The summed E-state index contributed by atoms with van der Waals surface area (Å²) in [5, 5.41) is 0.323. The normalized spacial score (nSPS) is 22.5. The molecule has 1 atom stereocenters. The van der Waals surface area contributed by atoms with Crippen LogP contribution in [0.4, 0.5) is 0 Å². The third-order valence-electron chi connectivity index (χ3n) is 4.35. The van der Waals surface area contributed by atoms with Crippen LogP contribution in [-0.4, -0.2) is 22.7 Å². The van der Waals surface area contributed by atoms with Crippen molar-refractivity contribution in [2.75, 3.05) is 6.54 Å². The van der Waals surface area contributed by atoms with E-state index in [-0.39, 0.29) is 0 Å². The molecule has 0 aromatic heterocycles. The molecular weight excluding hydrogens is 278 g/mol. The molecule has 1 aliphatic carbocycles. The van der Waals surface area contributed by atoms with E-state index in [4.69, 9.17) is 0 Å². The van der Waals surface area contributed by atoms with Gasteiger partial charge in [0, 0.05) is 17.9 Å². The van der Waals surface area contributed by atoms with Gasteiger partial charge in [-0.3, -0.25) is 4.79 Å². The third-order valence-corrected chi connectivity index (χ3v) is 5.65. The van der Waals surface area contributed by atoms with Crippen molar-refractivity contribution in [2.45, 2.75) is 55.2 Å². The molecule has 112 valence electrons. The number of carbonyl (C=O) groups excluding carboxylic acids is 1. The van der Waals surface area contributed by atoms with E-state index in [0.717, 1.165) is 19.4 Å². The van der Waals surface area contributed by atoms with E-state index < -0.39 is 0 Å². The second-order valence-corrected chi connectivity index (χ2v) is 7.12. The minimum atomic E-state index is 0.323. The summed E-state index contributed by atoms with van der Waals surface area (Å²) in [5.74, 6) is 0.333. The number of amides is 1. The lowest BCUT2D eigenvalue weighted by Gasteiger charge is -2.25. The molecule has 21 heavy (non-hydrogen) atoms. The van der Waals surface area contributed by atoms with Gasteiger partial charge in [0.2, 0.25) is 5.91 Å². The fourth-order valence-corrected chi connectivity index (χ4v) is 4.36. The van der Waals surface area contributed by atoms with E-state index in [9.17, 15) is 4.79 Å². The van der Waals surface area contributed by atoms with E-state index in [0.29, 0.717) is 17.7 Å². The van der Waals surface area contributed by atoms with Crippen LogP contribution in [0, 0.1) is 0 Å². The molecule has 1 saturated heterocycles. The lowest BCUT2D eigenvalue weighted by atomic mass is 9.97. The van der Waals surface area contributed by atoms with E-state index >= 15 is 0 Å². The average molecular weight is 301 g/mol. The number of hydrogen-bond acceptors (Lipinski definition) is 2. The van der Waals surface area contributed by atoms with E-state index in [1.807, 2.05) is 17.8 Å². The van der Waals surface area contributed by atoms with E-state index in [1.165, 1.54) is 30.6 Å². The first-order valence-electron chi connectivity index (χ1n) is 8.02. The molecule has 3 heteroatoms. The molecule has 3 rings (SSSR count). The van der Waals surface area contributed by atoms with Crippen LogP contribution < -0.4 is 0 Å². The smallest absolute Gasteiger partial charge is 0.223 e. The molecule has 0 spiro atoms. The van der Waals surface area contributed by atoms with Crippen LogP contribution in [0.15, 0.2) is 46.9 Å². The highest BCUT2D eigenvalue weighted by Gasteiger charge is 2.31. The lowest BCUT2D eigenvalue weighted by Crippen LogP contribution is -2.32. The largest absolute Gasteiger partial charge is 0.330 e. The summed E-state index contributed by atoms with van der Waals surface area (Å²) in [6.07, 6.45) is 10.3. The standard InChI is InChI=1S/C18H23NOS/c20-17-11-12-18(21-16-9-5-2-6-10-16)19(17)14-13-15-7-3-1-4-8-15/h2,5-7,9-10,18H,1,3-4,8,11-14H2. The molecule has 1 fully saturated rings. The van der Waals surface area contributed by atoms with Gasteiger partial charge in [-0.1, -0.05) is 29.8 Å². The number of hydrogen-bond donors (Lipinski definition) is 0. The maximum atomic E-state index is 12.1. The molecule has 0 saturated carbocycles. The van der Waals surface area contributed by atoms with Gasteiger partial charge >= 0.3 is 0 Å². The zero-order chi connectivity index (χ0) is 14.5. The van der Waals surface area contributed by atoms with Gasteiger partial charge in [-0.25, -0.2) is 0 Å². The Morgan fingerprint density at radius 1 is 1.14 bits per heavy atom. The highest BCUT2D eigenvalue weighted by atomic mass is 32.2. The zero-order valence-corrected chi connectivity index (χ0v) is 13.3. The first-order valence-corrected chi connectivity index (χ1v) is 8.90. The molecule has 2 aliphatic rings. The molecule has 1 amide bonds. The first-order chi connectivity index (χ1) is 10.3. The number of nitrogens with zero attached hydrogens (tertiary/aromatic N) is 1. The summed E-state index contributed by atoms with van der Waals surface area (Å²) in [6.45, 7) is 0.898. The average Bonchev–Trinajstić information content (AvgIpc) is 2.87. The van der Waals surface area contributed by atoms with Gasteiger partial charge in [0.05, 0.1) is 5.37 Å². The molecular formula is C18H23NOS. The number of benzene rings is 1. The summed E-state index contributed by atoms with van der Waals surface area (Å²) < 4.78 is 0. The van der Waals surface area contributed by atoms with Gasteiger partial charge in [-0.15, -0.1) is 11.8 Å². The van der Waals surface area contributed by atoms with Gasteiger partial charge in [0.15, 0.2) is 0 Å². The van der Waals surface area contributed by atoms with Crippen molar-refractivity contribution < 1.29 is 4.79 Å². The zero-order valence-electron chi connectivity index (χ0n) is 12.5. The number of thioether (sulfide) groups is 1. The quantitative estimate of drug-likeness (QED) is 0.740. The Hall–Kier alpha value is -1.22. The molecule has 0 bridgehead atoms. The first kappa shape index (κ1) is 14.7. The Morgan fingerprint density at radius 2 is 2.00 bits per heavy atom. The molecule has 1 unspecified atom stereocenters. The minimum absolute atomic E-state index is 0.323. The lowest BCUT2D eigenvalue weighted by molar-refractivity contribution is -0.128. The third kappa shape index (κ3) is 3.91. The highest BCUT2D eigenvalue weighted by Crippen LogP contribution is 2.34. The Labute approximate surface area is 131 Å². The summed E-state index contributed by atoms with van der Waals surface area (Å²) >= 11 is 1.84. The minimum Gasteiger partial charge on any atom is -0.330 e. The number of carbonyl (C=O) groups is 1. The highest BCUT2D eigenvalue weighted by molar-refractivity contribution is 8.00. The molecule has 1 aromatic rings. The monoisotopic (exact) mass is 301 g/mol. The van der Waals surface area contributed by atoms with Crippen molar-refractivity contribution in [3.05, 3.63) is 42.0 Å². The number of likely N-dealkylation sites (tertiary alicyclic amines) is 1. The van der Waals surface area contributed by atoms with Crippen LogP contribution in [0.25, 0.3) is 0 Å². The van der Waals surface area contributed by atoms with Crippen molar-refractivity contribution >= 4 is 17.7 Å². The van der Waals surface area contributed by atoms with Crippen molar-refractivity contribution in [3.8, 4) is 0 Å². The van der Waals surface area contributed by atoms with Gasteiger partial charge in [0.1, 0.15) is 0 Å². The van der Waals surface area contributed by atoms with Crippen LogP contribution >= 0.6 is 11.8 Å². The SMILES string of the molecule is O=C1CCC(Sc2ccccc2)N1CCC1=CCCCC1. The molecule has 0 N–H and O–H groups in total. The molecule has 2 nitrogen and oxygen atoms in total. The van der Waals surface area contributed by atoms with Crippen LogP contribution in [-0.2, 0) is 4.79 Å². The summed E-state index contributed by atoms with van der Waals surface area (Å²) in [4.78, 5) is 15.5. The fourth-order valence-electron chi connectivity index (χ4n) is 3.15. The predicted molar refractivity (Wildman–Crippen MR) is 88.2 cm³/mol. The maximum absolute atomic E-state index is 12.1. The van der Waals surface area contributed by atoms with Crippen LogP contribution in [0.1, 0.15) is 44.9 Å². The Balaban J connectivity index is 1.58. The summed E-state index contributed by atoms with van der Waals surface area (Å²) in [5.41, 5.74) is 1.56. The van der Waals surface area contributed by atoms with Crippen molar-refractivity contribution in [1.82, 2.24) is 4.90 Å².